The summed E-state index contributed by atoms with van der Waals surface area (Å²) in [6.07, 6.45) is 0.560. The maximum absolute atomic E-state index is 13.5. The number of hydrogen-bond donors (Lipinski definition) is 0. The van der Waals surface area contributed by atoms with Crippen LogP contribution in [0.25, 0.3) is 5.69 Å². The summed E-state index contributed by atoms with van der Waals surface area (Å²) in [7, 11) is 0. The molecule has 26 heavy (non-hydrogen) atoms. The highest BCUT2D eigenvalue weighted by Crippen LogP contribution is 2.20. The Morgan fingerprint density at radius 3 is 2.58 bits per heavy atom. The van der Waals surface area contributed by atoms with Crippen LogP contribution in [0.2, 0.25) is 0 Å². The van der Waals surface area contributed by atoms with Gasteiger partial charge < -0.3 is 4.90 Å². The summed E-state index contributed by atoms with van der Waals surface area (Å²) in [4.78, 5) is 16.5. The first kappa shape index (κ1) is 18.4. The number of rotatable bonds is 4. The largest absolute Gasteiger partial charge is 0.340 e. The summed E-state index contributed by atoms with van der Waals surface area (Å²) in [6.45, 7) is 9.74. The lowest BCUT2D eigenvalue weighted by Crippen LogP contribution is -2.49. The van der Waals surface area contributed by atoms with E-state index >= 15 is 0 Å². The quantitative estimate of drug-likeness (QED) is 0.833. The highest BCUT2D eigenvalue weighted by molar-refractivity contribution is 5.76. The molecule has 1 aliphatic rings. The summed E-state index contributed by atoms with van der Waals surface area (Å²) in [5.41, 5.74) is 0.602. The lowest BCUT2D eigenvalue weighted by molar-refractivity contribution is -0.134. The number of aromatic nitrogens is 4. The van der Waals surface area contributed by atoms with E-state index in [9.17, 15) is 9.18 Å². The van der Waals surface area contributed by atoms with Crippen molar-refractivity contribution in [3.63, 3.8) is 0 Å². The van der Waals surface area contributed by atoms with Gasteiger partial charge in [0.2, 0.25) is 5.91 Å². The normalized spacial score (nSPS) is 16.1. The van der Waals surface area contributed by atoms with Gasteiger partial charge in [0.05, 0.1) is 12.2 Å². The van der Waals surface area contributed by atoms with E-state index in [2.05, 4.69) is 41.2 Å². The van der Waals surface area contributed by atoms with Gasteiger partial charge in [0.25, 0.3) is 0 Å². The molecule has 140 valence electrons. The Balaban J connectivity index is 1.59. The Hall–Kier alpha value is -2.35. The Bertz CT molecular complexity index is 761. The minimum atomic E-state index is -0.324. The second-order valence-electron chi connectivity index (χ2n) is 7.88. The molecule has 1 amide bonds. The zero-order chi connectivity index (χ0) is 18.7. The van der Waals surface area contributed by atoms with E-state index in [0.717, 1.165) is 13.1 Å². The van der Waals surface area contributed by atoms with Crippen molar-refractivity contribution < 1.29 is 9.18 Å². The number of carbonyl (C=O) groups is 1. The summed E-state index contributed by atoms with van der Waals surface area (Å²) in [5, 5.41) is 11.8. The average molecular weight is 360 g/mol. The molecular formula is C18H25FN6O. The van der Waals surface area contributed by atoms with Gasteiger partial charge in [-0.1, -0.05) is 26.8 Å². The van der Waals surface area contributed by atoms with E-state index in [4.69, 9.17) is 0 Å². The van der Waals surface area contributed by atoms with Crippen molar-refractivity contribution in [3.8, 4) is 5.69 Å². The molecule has 0 atom stereocenters. The summed E-state index contributed by atoms with van der Waals surface area (Å²) in [6, 6.07) is 6.20. The van der Waals surface area contributed by atoms with Crippen LogP contribution in [0, 0.1) is 11.2 Å². The van der Waals surface area contributed by atoms with Crippen molar-refractivity contribution in [2.75, 3.05) is 26.2 Å². The minimum Gasteiger partial charge on any atom is -0.340 e. The summed E-state index contributed by atoms with van der Waals surface area (Å²) in [5.74, 6) is 0.543. The van der Waals surface area contributed by atoms with E-state index in [0.29, 0.717) is 37.6 Å². The number of hydrogen-bond acceptors (Lipinski definition) is 5. The van der Waals surface area contributed by atoms with Gasteiger partial charge in [-0.2, -0.15) is 4.68 Å². The Morgan fingerprint density at radius 2 is 1.92 bits per heavy atom. The molecule has 0 N–H and O–H groups in total. The van der Waals surface area contributed by atoms with Crippen LogP contribution in [0.1, 0.15) is 33.0 Å². The molecule has 2 heterocycles. The van der Waals surface area contributed by atoms with Gasteiger partial charge in [-0.25, -0.2) is 4.39 Å². The van der Waals surface area contributed by atoms with Crippen molar-refractivity contribution in [1.29, 1.82) is 0 Å². The summed E-state index contributed by atoms with van der Waals surface area (Å²) < 4.78 is 15.0. The third-order valence-electron chi connectivity index (χ3n) is 4.36. The highest BCUT2D eigenvalue weighted by Gasteiger charge is 2.25. The molecule has 1 aromatic heterocycles. The predicted molar refractivity (Wildman–Crippen MR) is 95.0 cm³/mol. The van der Waals surface area contributed by atoms with Gasteiger partial charge in [-0.3, -0.25) is 9.69 Å². The lowest BCUT2D eigenvalue weighted by atomic mass is 9.91. The van der Waals surface area contributed by atoms with Gasteiger partial charge in [0.15, 0.2) is 5.82 Å². The van der Waals surface area contributed by atoms with Crippen molar-refractivity contribution in [2.45, 2.75) is 33.7 Å². The van der Waals surface area contributed by atoms with Gasteiger partial charge >= 0.3 is 0 Å². The van der Waals surface area contributed by atoms with Crippen LogP contribution >= 0.6 is 0 Å². The fourth-order valence-electron chi connectivity index (χ4n) is 3.03. The molecule has 0 aliphatic carbocycles. The molecule has 1 saturated heterocycles. The van der Waals surface area contributed by atoms with E-state index in [1.54, 1.807) is 16.8 Å². The molecule has 0 spiro atoms. The van der Waals surface area contributed by atoms with Crippen LogP contribution in [0.4, 0.5) is 4.39 Å². The molecule has 3 rings (SSSR count). The van der Waals surface area contributed by atoms with Crippen molar-refractivity contribution >= 4 is 5.91 Å². The Labute approximate surface area is 152 Å². The molecule has 1 aliphatic heterocycles. The maximum atomic E-state index is 13.5. The first-order valence-electron chi connectivity index (χ1n) is 8.85. The lowest BCUT2D eigenvalue weighted by Gasteiger charge is -2.35. The Kier molecular flexibility index (Phi) is 5.31. The van der Waals surface area contributed by atoms with E-state index < -0.39 is 0 Å². The van der Waals surface area contributed by atoms with Gasteiger partial charge in [-0.05, 0) is 34.0 Å². The van der Waals surface area contributed by atoms with Gasteiger partial charge in [-0.15, -0.1) is 5.10 Å². The van der Waals surface area contributed by atoms with Crippen LogP contribution in [-0.4, -0.2) is 62.1 Å². The topological polar surface area (TPSA) is 67.2 Å². The molecule has 1 aromatic carbocycles. The molecule has 0 unspecified atom stereocenters. The number of amides is 1. The number of piperazine rings is 1. The number of tetrazole rings is 1. The van der Waals surface area contributed by atoms with E-state index in [1.165, 1.54) is 12.1 Å². The molecule has 7 nitrogen and oxygen atoms in total. The van der Waals surface area contributed by atoms with Crippen molar-refractivity contribution in [3.05, 3.63) is 35.9 Å². The second kappa shape index (κ2) is 7.49. The van der Waals surface area contributed by atoms with Crippen LogP contribution in [0.15, 0.2) is 24.3 Å². The molecule has 0 bridgehead atoms. The highest BCUT2D eigenvalue weighted by atomic mass is 19.1. The molecule has 0 radical (unpaired) electrons. The molecule has 2 aromatic rings. The summed E-state index contributed by atoms with van der Waals surface area (Å²) >= 11 is 0. The number of halogens is 1. The van der Waals surface area contributed by atoms with E-state index in [-0.39, 0.29) is 17.1 Å². The fourth-order valence-corrected chi connectivity index (χ4v) is 3.03. The van der Waals surface area contributed by atoms with Crippen LogP contribution in [0.3, 0.4) is 0 Å². The smallest absolute Gasteiger partial charge is 0.223 e. The third-order valence-corrected chi connectivity index (χ3v) is 4.36. The Morgan fingerprint density at radius 1 is 1.19 bits per heavy atom. The fraction of sp³-hybridized carbons (Fsp3) is 0.556. The van der Waals surface area contributed by atoms with Crippen LogP contribution in [0.5, 0.6) is 0 Å². The SMILES string of the molecule is CC(C)(C)CC(=O)N1CCN(Cc2nnnn2-c2cccc(F)c2)CC1. The first-order valence-corrected chi connectivity index (χ1v) is 8.85. The molecule has 1 fully saturated rings. The maximum Gasteiger partial charge on any atom is 0.223 e. The van der Waals surface area contributed by atoms with Gasteiger partial charge in [0.1, 0.15) is 5.82 Å². The zero-order valence-electron chi connectivity index (χ0n) is 15.5. The van der Waals surface area contributed by atoms with Gasteiger partial charge in [0, 0.05) is 32.6 Å². The first-order chi connectivity index (χ1) is 12.3. The molecule has 0 saturated carbocycles. The minimum absolute atomic E-state index is 0.00125. The predicted octanol–water partition coefficient (Wildman–Crippen LogP) is 1.88. The monoisotopic (exact) mass is 360 g/mol. The number of carbonyl (C=O) groups excluding carboxylic acids is 1. The van der Waals surface area contributed by atoms with Crippen LogP contribution in [-0.2, 0) is 11.3 Å². The van der Waals surface area contributed by atoms with Crippen LogP contribution < -0.4 is 0 Å². The van der Waals surface area contributed by atoms with E-state index in [1.807, 2.05) is 4.90 Å². The number of nitrogens with zero attached hydrogens (tertiary/aromatic N) is 6. The second-order valence-corrected chi connectivity index (χ2v) is 7.88. The van der Waals surface area contributed by atoms with Crippen molar-refractivity contribution in [2.24, 2.45) is 5.41 Å². The average Bonchev–Trinajstić information content (AvgIpc) is 3.02. The molecule has 8 heteroatoms. The number of benzene rings is 1. The standard InChI is InChI=1S/C18H25FN6O/c1-18(2,3)12-17(26)24-9-7-23(8-10-24)13-16-20-21-22-25(16)15-6-4-5-14(19)11-15/h4-6,11H,7-10,12-13H2,1-3H3. The van der Waals surface area contributed by atoms with Crippen molar-refractivity contribution in [1.82, 2.24) is 30.0 Å². The molecular weight excluding hydrogens is 335 g/mol. The third kappa shape index (κ3) is 4.63. The zero-order valence-corrected chi connectivity index (χ0v) is 15.5.